The third kappa shape index (κ3) is 13.3. The normalized spacial score (nSPS) is 10.6. The third-order valence-electron chi connectivity index (χ3n) is 0.896. The summed E-state index contributed by atoms with van der Waals surface area (Å²) in [6, 6.07) is 0. The summed E-state index contributed by atoms with van der Waals surface area (Å²) in [4.78, 5) is 19.6. The van der Waals surface area contributed by atoms with Gasteiger partial charge in [-0.15, -0.1) is 0 Å². The number of hydrogen-bond donors (Lipinski definition) is 2. The van der Waals surface area contributed by atoms with Gasteiger partial charge in [0.15, 0.2) is 0 Å². The molecule has 6 heteroatoms. The van der Waals surface area contributed by atoms with E-state index >= 15 is 0 Å². The second kappa shape index (κ2) is 9.79. The number of aliphatic hydroxyl groups is 1. The number of hydrogen-bond acceptors (Lipinski definition) is 5. The standard InChI is InChI=1S/C5H10O3.C3H6O3/c1-3-8-5(7)4(2)6;1-2-6-3(4)5/h4,6H,3H2,1-2H3;2H2,1H3,(H,4,5). The summed E-state index contributed by atoms with van der Waals surface area (Å²) in [6.45, 7) is 5.24. The van der Waals surface area contributed by atoms with Crippen LogP contribution >= 0.6 is 0 Å². The van der Waals surface area contributed by atoms with E-state index in [0.29, 0.717) is 6.61 Å². The topological polar surface area (TPSA) is 93.1 Å². The molecule has 0 saturated heterocycles. The zero-order valence-electron chi connectivity index (χ0n) is 8.52. The van der Waals surface area contributed by atoms with E-state index in [4.69, 9.17) is 10.2 Å². The van der Waals surface area contributed by atoms with Gasteiger partial charge in [0, 0.05) is 0 Å². The lowest BCUT2D eigenvalue weighted by atomic mass is 10.4. The Morgan fingerprint density at radius 2 is 1.64 bits per heavy atom. The van der Waals surface area contributed by atoms with Crippen LogP contribution in [0.3, 0.4) is 0 Å². The average Bonchev–Trinajstić information content (AvgIpc) is 2.05. The van der Waals surface area contributed by atoms with Crippen molar-refractivity contribution in [2.75, 3.05) is 13.2 Å². The van der Waals surface area contributed by atoms with Gasteiger partial charge in [-0.2, -0.15) is 0 Å². The fourth-order valence-corrected chi connectivity index (χ4v) is 0.386. The first-order chi connectivity index (χ1) is 6.45. The van der Waals surface area contributed by atoms with Gasteiger partial charge in [0.05, 0.1) is 13.2 Å². The van der Waals surface area contributed by atoms with E-state index in [1.54, 1.807) is 13.8 Å². The van der Waals surface area contributed by atoms with Crippen molar-refractivity contribution in [1.82, 2.24) is 0 Å². The van der Waals surface area contributed by atoms with Crippen molar-refractivity contribution in [3.63, 3.8) is 0 Å². The minimum Gasteiger partial charge on any atom is -0.464 e. The van der Waals surface area contributed by atoms with E-state index in [1.807, 2.05) is 0 Å². The number of carbonyl (C=O) groups is 2. The van der Waals surface area contributed by atoms with Gasteiger partial charge in [-0.3, -0.25) is 0 Å². The van der Waals surface area contributed by atoms with Crippen LogP contribution < -0.4 is 0 Å². The van der Waals surface area contributed by atoms with Gasteiger partial charge < -0.3 is 19.7 Å². The summed E-state index contributed by atoms with van der Waals surface area (Å²) >= 11 is 0. The number of carbonyl (C=O) groups excluding carboxylic acids is 1. The first-order valence-electron chi connectivity index (χ1n) is 4.16. The van der Waals surface area contributed by atoms with Gasteiger partial charge in [0.2, 0.25) is 0 Å². The van der Waals surface area contributed by atoms with Crippen molar-refractivity contribution < 1.29 is 29.3 Å². The van der Waals surface area contributed by atoms with Crippen LogP contribution in [0.5, 0.6) is 0 Å². The first kappa shape index (κ1) is 15.2. The fourth-order valence-electron chi connectivity index (χ4n) is 0.386. The van der Waals surface area contributed by atoms with E-state index in [2.05, 4.69) is 9.47 Å². The molecule has 0 amide bonds. The highest BCUT2D eigenvalue weighted by Gasteiger charge is 2.07. The van der Waals surface area contributed by atoms with Crippen LogP contribution in [-0.4, -0.2) is 41.7 Å². The van der Waals surface area contributed by atoms with Crippen molar-refractivity contribution >= 4 is 12.1 Å². The molecule has 1 unspecified atom stereocenters. The molecule has 1 atom stereocenters. The van der Waals surface area contributed by atoms with Crippen molar-refractivity contribution in [1.29, 1.82) is 0 Å². The van der Waals surface area contributed by atoms with Gasteiger partial charge in [0.25, 0.3) is 0 Å². The molecule has 0 aromatic carbocycles. The van der Waals surface area contributed by atoms with Gasteiger partial charge in [0.1, 0.15) is 6.10 Å². The number of ether oxygens (including phenoxy) is 2. The Morgan fingerprint density at radius 1 is 1.21 bits per heavy atom. The van der Waals surface area contributed by atoms with Crippen molar-refractivity contribution in [3.8, 4) is 0 Å². The quantitative estimate of drug-likeness (QED) is 0.661. The predicted molar refractivity (Wildman–Crippen MR) is 48.0 cm³/mol. The molecule has 0 aliphatic carbocycles. The highest BCUT2D eigenvalue weighted by Crippen LogP contribution is 1.84. The monoisotopic (exact) mass is 208 g/mol. The Kier molecular flexibility index (Phi) is 10.6. The highest BCUT2D eigenvalue weighted by atomic mass is 16.7. The predicted octanol–water partition coefficient (Wildman–Crippen LogP) is 0.631. The van der Waals surface area contributed by atoms with Gasteiger partial charge in [-0.05, 0) is 20.8 Å². The van der Waals surface area contributed by atoms with Crippen molar-refractivity contribution in [2.24, 2.45) is 0 Å². The van der Waals surface area contributed by atoms with E-state index in [0.717, 1.165) is 0 Å². The molecule has 0 bridgehead atoms. The van der Waals surface area contributed by atoms with Crippen LogP contribution in [0.2, 0.25) is 0 Å². The van der Waals surface area contributed by atoms with Gasteiger partial charge >= 0.3 is 12.1 Å². The molecular weight excluding hydrogens is 192 g/mol. The molecular formula is C8H16O6. The summed E-state index contributed by atoms with van der Waals surface area (Å²) in [6.07, 6.45) is -2.20. The molecule has 0 aliphatic rings. The van der Waals surface area contributed by atoms with Crippen LogP contribution in [-0.2, 0) is 14.3 Å². The largest absolute Gasteiger partial charge is 0.505 e. The average molecular weight is 208 g/mol. The SMILES string of the molecule is CCOC(=O)C(C)O.CCOC(=O)O. The zero-order valence-corrected chi connectivity index (χ0v) is 8.52. The van der Waals surface area contributed by atoms with Crippen LogP contribution in [0.25, 0.3) is 0 Å². The van der Waals surface area contributed by atoms with Gasteiger partial charge in [-0.25, -0.2) is 9.59 Å². The lowest BCUT2D eigenvalue weighted by Crippen LogP contribution is -2.18. The summed E-state index contributed by atoms with van der Waals surface area (Å²) in [5.41, 5.74) is 0. The molecule has 0 radical (unpaired) electrons. The van der Waals surface area contributed by atoms with Crippen molar-refractivity contribution in [3.05, 3.63) is 0 Å². The van der Waals surface area contributed by atoms with Gasteiger partial charge in [-0.1, -0.05) is 0 Å². The Hall–Kier alpha value is -1.30. The Balaban J connectivity index is 0. The number of carboxylic acid groups (broad SMARTS) is 1. The maximum Gasteiger partial charge on any atom is 0.505 e. The molecule has 0 aromatic rings. The van der Waals surface area contributed by atoms with E-state index < -0.39 is 18.2 Å². The molecule has 0 heterocycles. The van der Waals surface area contributed by atoms with Crippen LogP contribution in [0, 0.1) is 0 Å². The fraction of sp³-hybridized carbons (Fsp3) is 0.750. The Morgan fingerprint density at radius 3 is 1.71 bits per heavy atom. The molecule has 14 heavy (non-hydrogen) atoms. The first-order valence-corrected chi connectivity index (χ1v) is 4.16. The molecule has 84 valence electrons. The van der Waals surface area contributed by atoms with Crippen LogP contribution in [0.15, 0.2) is 0 Å². The smallest absolute Gasteiger partial charge is 0.464 e. The molecule has 0 aromatic heterocycles. The summed E-state index contributed by atoms with van der Waals surface area (Å²) in [7, 11) is 0. The summed E-state index contributed by atoms with van der Waals surface area (Å²) < 4.78 is 8.37. The molecule has 0 spiro atoms. The minimum absolute atomic E-state index is 0.231. The minimum atomic E-state index is -1.21. The molecule has 0 rings (SSSR count). The maximum absolute atomic E-state index is 10.3. The van der Waals surface area contributed by atoms with E-state index in [9.17, 15) is 9.59 Å². The zero-order chi connectivity index (χ0) is 11.6. The van der Waals surface area contributed by atoms with Crippen LogP contribution in [0.1, 0.15) is 20.8 Å². The molecule has 6 nitrogen and oxygen atoms in total. The molecule has 0 fully saturated rings. The highest BCUT2D eigenvalue weighted by molar-refractivity contribution is 5.73. The van der Waals surface area contributed by atoms with Crippen molar-refractivity contribution in [2.45, 2.75) is 26.9 Å². The number of rotatable bonds is 3. The maximum atomic E-state index is 10.3. The number of esters is 1. The second-order valence-electron chi connectivity index (χ2n) is 2.13. The third-order valence-corrected chi connectivity index (χ3v) is 0.896. The van der Waals surface area contributed by atoms with Crippen LogP contribution in [0.4, 0.5) is 4.79 Å². The number of aliphatic hydroxyl groups excluding tert-OH is 1. The van der Waals surface area contributed by atoms with E-state index in [-0.39, 0.29) is 6.61 Å². The summed E-state index contributed by atoms with van der Waals surface area (Å²) in [5.74, 6) is -0.562. The molecule has 2 N–H and O–H groups in total. The second-order valence-corrected chi connectivity index (χ2v) is 2.13. The molecule has 0 aliphatic heterocycles. The van der Waals surface area contributed by atoms with E-state index in [1.165, 1.54) is 6.92 Å². The molecule has 0 saturated carbocycles. The summed E-state index contributed by atoms with van der Waals surface area (Å²) in [5, 5.41) is 16.2. The Bertz CT molecular complexity index is 165. The lowest BCUT2D eigenvalue weighted by Gasteiger charge is -2.01. The Labute approximate surface area is 82.4 Å². The lowest BCUT2D eigenvalue weighted by molar-refractivity contribution is -0.151.